The SMILES string of the molecule is CCCCCc1ccc(NC(C)c2ccc(O)cc2)cc1. The zero-order chi connectivity index (χ0) is 15.1. The highest BCUT2D eigenvalue weighted by atomic mass is 16.3. The number of phenols is 1. The van der Waals surface area contributed by atoms with E-state index in [0.717, 1.165) is 5.69 Å². The molecule has 0 saturated heterocycles. The van der Waals surface area contributed by atoms with Crippen molar-refractivity contribution in [3.05, 3.63) is 59.7 Å². The minimum Gasteiger partial charge on any atom is -0.508 e. The van der Waals surface area contributed by atoms with Crippen LogP contribution in [0.1, 0.15) is 50.3 Å². The highest BCUT2D eigenvalue weighted by Gasteiger charge is 2.05. The Labute approximate surface area is 127 Å². The Balaban J connectivity index is 1.91. The topological polar surface area (TPSA) is 32.3 Å². The third-order valence-corrected chi connectivity index (χ3v) is 3.80. The van der Waals surface area contributed by atoms with E-state index in [0.29, 0.717) is 5.75 Å². The third kappa shape index (κ3) is 4.82. The van der Waals surface area contributed by atoms with Crippen LogP contribution in [-0.2, 0) is 6.42 Å². The van der Waals surface area contributed by atoms with Gasteiger partial charge in [-0.2, -0.15) is 0 Å². The number of nitrogens with one attached hydrogen (secondary N) is 1. The van der Waals surface area contributed by atoms with Crippen molar-refractivity contribution in [1.29, 1.82) is 0 Å². The van der Waals surface area contributed by atoms with Gasteiger partial charge in [0.25, 0.3) is 0 Å². The molecule has 2 N–H and O–H groups in total. The number of rotatable bonds is 7. The van der Waals surface area contributed by atoms with Gasteiger partial charge in [-0.05, 0) is 55.2 Å². The van der Waals surface area contributed by atoms with Crippen LogP contribution in [0.2, 0.25) is 0 Å². The zero-order valence-corrected chi connectivity index (χ0v) is 13.0. The first-order chi connectivity index (χ1) is 10.2. The summed E-state index contributed by atoms with van der Waals surface area (Å²) in [4.78, 5) is 0. The Kier molecular flexibility index (Phi) is 5.68. The van der Waals surface area contributed by atoms with Gasteiger partial charge in [0.2, 0.25) is 0 Å². The molecule has 21 heavy (non-hydrogen) atoms. The molecule has 0 amide bonds. The quantitative estimate of drug-likeness (QED) is 0.676. The smallest absolute Gasteiger partial charge is 0.115 e. The molecule has 112 valence electrons. The summed E-state index contributed by atoms with van der Waals surface area (Å²) >= 11 is 0. The Morgan fingerprint density at radius 3 is 2.24 bits per heavy atom. The first kappa shape index (κ1) is 15.4. The molecular weight excluding hydrogens is 258 g/mol. The van der Waals surface area contributed by atoms with Crippen LogP contribution in [0.15, 0.2) is 48.5 Å². The molecule has 2 aromatic carbocycles. The molecule has 2 rings (SSSR count). The molecule has 2 nitrogen and oxygen atoms in total. The third-order valence-electron chi connectivity index (χ3n) is 3.80. The maximum atomic E-state index is 9.33. The number of unbranched alkanes of at least 4 members (excludes halogenated alkanes) is 2. The minimum atomic E-state index is 0.219. The average molecular weight is 283 g/mol. The summed E-state index contributed by atoms with van der Waals surface area (Å²) in [6.07, 6.45) is 5.01. The van der Waals surface area contributed by atoms with Crippen molar-refractivity contribution >= 4 is 5.69 Å². The van der Waals surface area contributed by atoms with Crippen LogP contribution in [0.4, 0.5) is 5.69 Å². The summed E-state index contributed by atoms with van der Waals surface area (Å²) in [5.74, 6) is 0.308. The van der Waals surface area contributed by atoms with Crippen molar-refractivity contribution in [2.24, 2.45) is 0 Å². The van der Waals surface area contributed by atoms with E-state index >= 15 is 0 Å². The second-order valence-corrected chi connectivity index (χ2v) is 5.61. The van der Waals surface area contributed by atoms with Crippen LogP contribution < -0.4 is 5.32 Å². The van der Waals surface area contributed by atoms with Gasteiger partial charge in [-0.15, -0.1) is 0 Å². The number of aryl methyl sites for hydroxylation is 1. The highest BCUT2D eigenvalue weighted by molar-refractivity contribution is 5.47. The largest absolute Gasteiger partial charge is 0.508 e. The molecule has 0 radical (unpaired) electrons. The van der Waals surface area contributed by atoms with Crippen LogP contribution in [0.25, 0.3) is 0 Å². The lowest BCUT2D eigenvalue weighted by atomic mass is 10.1. The fraction of sp³-hybridized carbons (Fsp3) is 0.368. The molecule has 0 aromatic heterocycles. The van der Waals surface area contributed by atoms with Crippen molar-refractivity contribution in [3.8, 4) is 5.75 Å². The highest BCUT2D eigenvalue weighted by Crippen LogP contribution is 2.21. The molecule has 0 aliphatic rings. The summed E-state index contributed by atoms with van der Waals surface area (Å²) in [6, 6.07) is 16.3. The lowest BCUT2D eigenvalue weighted by Crippen LogP contribution is -2.06. The molecule has 2 aromatic rings. The van der Waals surface area contributed by atoms with Gasteiger partial charge in [0.05, 0.1) is 0 Å². The molecule has 0 aliphatic heterocycles. The monoisotopic (exact) mass is 283 g/mol. The van der Waals surface area contributed by atoms with Gasteiger partial charge in [0.1, 0.15) is 5.75 Å². The molecule has 0 spiro atoms. The maximum Gasteiger partial charge on any atom is 0.115 e. The number of phenolic OH excluding ortho intramolecular Hbond substituents is 1. The summed E-state index contributed by atoms with van der Waals surface area (Å²) in [5, 5.41) is 12.8. The predicted molar refractivity (Wildman–Crippen MR) is 89.8 cm³/mol. The van der Waals surface area contributed by atoms with Gasteiger partial charge < -0.3 is 10.4 Å². The number of aromatic hydroxyl groups is 1. The van der Waals surface area contributed by atoms with E-state index in [1.165, 1.54) is 36.8 Å². The van der Waals surface area contributed by atoms with Crippen LogP contribution in [0.5, 0.6) is 5.75 Å². The molecule has 0 bridgehead atoms. The Bertz CT molecular complexity index is 530. The minimum absolute atomic E-state index is 0.219. The lowest BCUT2D eigenvalue weighted by molar-refractivity contribution is 0.475. The fourth-order valence-electron chi connectivity index (χ4n) is 2.44. The number of hydrogen-bond acceptors (Lipinski definition) is 2. The fourth-order valence-corrected chi connectivity index (χ4v) is 2.44. The van der Waals surface area contributed by atoms with Crippen molar-refractivity contribution < 1.29 is 5.11 Å². The van der Waals surface area contributed by atoms with Crippen LogP contribution in [-0.4, -0.2) is 5.11 Å². The van der Waals surface area contributed by atoms with Gasteiger partial charge in [0, 0.05) is 11.7 Å². The van der Waals surface area contributed by atoms with E-state index < -0.39 is 0 Å². The lowest BCUT2D eigenvalue weighted by Gasteiger charge is -2.16. The van der Waals surface area contributed by atoms with Crippen LogP contribution >= 0.6 is 0 Å². The number of hydrogen-bond donors (Lipinski definition) is 2. The van der Waals surface area contributed by atoms with Gasteiger partial charge >= 0.3 is 0 Å². The van der Waals surface area contributed by atoms with E-state index in [4.69, 9.17) is 0 Å². The summed E-state index contributed by atoms with van der Waals surface area (Å²) in [5.41, 5.74) is 3.71. The summed E-state index contributed by atoms with van der Waals surface area (Å²) in [6.45, 7) is 4.36. The van der Waals surface area contributed by atoms with Crippen molar-refractivity contribution in [2.75, 3.05) is 5.32 Å². The van der Waals surface area contributed by atoms with Crippen LogP contribution in [0, 0.1) is 0 Å². The van der Waals surface area contributed by atoms with Crippen molar-refractivity contribution in [2.45, 2.75) is 45.6 Å². The summed E-state index contributed by atoms with van der Waals surface area (Å²) < 4.78 is 0. The predicted octanol–water partition coefficient (Wildman–Crippen LogP) is 5.30. The Morgan fingerprint density at radius 2 is 1.62 bits per heavy atom. The molecule has 1 atom stereocenters. The number of benzene rings is 2. The molecular formula is C19H25NO. The molecule has 0 fully saturated rings. The molecule has 0 saturated carbocycles. The van der Waals surface area contributed by atoms with Gasteiger partial charge in [0.15, 0.2) is 0 Å². The Morgan fingerprint density at radius 1 is 0.952 bits per heavy atom. The number of anilines is 1. The normalized spacial score (nSPS) is 12.1. The van der Waals surface area contributed by atoms with Gasteiger partial charge in [-0.3, -0.25) is 0 Å². The molecule has 1 unspecified atom stereocenters. The van der Waals surface area contributed by atoms with E-state index in [-0.39, 0.29) is 6.04 Å². The first-order valence-electron chi connectivity index (χ1n) is 7.83. The van der Waals surface area contributed by atoms with Crippen molar-refractivity contribution in [3.63, 3.8) is 0 Å². The summed E-state index contributed by atoms with van der Waals surface area (Å²) in [7, 11) is 0. The molecule has 0 heterocycles. The van der Waals surface area contributed by atoms with Gasteiger partial charge in [-0.1, -0.05) is 44.0 Å². The average Bonchev–Trinajstić information content (AvgIpc) is 2.50. The molecule has 2 heteroatoms. The Hall–Kier alpha value is -1.96. The zero-order valence-electron chi connectivity index (χ0n) is 13.0. The maximum absolute atomic E-state index is 9.33. The van der Waals surface area contributed by atoms with Crippen LogP contribution in [0.3, 0.4) is 0 Å². The van der Waals surface area contributed by atoms with E-state index in [1.807, 2.05) is 12.1 Å². The van der Waals surface area contributed by atoms with E-state index in [1.54, 1.807) is 12.1 Å². The van der Waals surface area contributed by atoms with E-state index in [2.05, 4.69) is 43.4 Å². The second kappa shape index (κ2) is 7.72. The van der Waals surface area contributed by atoms with Gasteiger partial charge in [-0.25, -0.2) is 0 Å². The standard InChI is InChI=1S/C19H25NO/c1-3-4-5-6-16-7-11-18(12-8-16)20-15(2)17-9-13-19(21)14-10-17/h7-15,20-21H,3-6H2,1-2H3. The molecule has 0 aliphatic carbocycles. The second-order valence-electron chi connectivity index (χ2n) is 5.61. The van der Waals surface area contributed by atoms with E-state index in [9.17, 15) is 5.11 Å². The van der Waals surface area contributed by atoms with Crippen molar-refractivity contribution in [1.82, 2.24) is 0 Å². The first-order valence-corrected chi connectivity index (χ1v) is 7.83.